The van der Waals surface area contributed by atoms with E-state index in [0.717, 1.165) is 0 Å². The van der Waals surface area contributed by atoms with Crippen molar-refractivity contribution in [3.8, 4) is 0 Å². The second-order valence-electron chi connectivity index (χ2n) is 3.41. The van der Waals surface area contributed by atoms with Crippen LogP contribution in [0.5, 0.6) is 0 Å². The summed E-state index contributed by atoms with van der Waals surface area (Å²) in [5, 5.41) is 8.70. The standard InChI is InChI=1S/C10H12ClF2NO3S/c11-8-3-1-2-4-9(8)18(16,17)14(5-6-15)7-10(12)13/h1-4,10,15H,5-7H2. The van der Waals surface area contributed by atoms with Crippen molar-refractivity contribution in [2.45, 2.75) is 11.3 Å². The molecule has 0 fully saturated rings. The molecule has 0 heterocycles. The largest absolute Gasteiger partial charge is 0.395 e. The van der Waals surface area contributed by atoms with Gasteiger partial charge in [0.1, 0.15) is 4.90 Å². The Balaban J connectivity index is 3.13. The average Bonchev–Trinajstić information content (AvgIpc) is 2.28. The molecule has 0 bridgehead atoms. The highest BCUT2D eigenvalue weighted by Gasteiger charge is 2.28. The van der Waals surface area contributed by atoms with Crippen LogP contribution in [0.1, 0.15) is 0 Å². The van der Waals surface area contributed by atoms with E-state index in [1.807, 2.05) is 0 Å². The zero-order chi connectivity index (χ0) is 13.8. The van der Waals surface area contributed by atoms with Gasteiger partial charge in [0.05, 0.1) is 18.2 Å². The van der Waals surface area contributed by atoms with Crippen molar-refractivity contribution in [1.82, 2.24) is 4.31 Å². The molecule has 0 aliphatic heterocycles. The SMILES string of the molecule is O=S(=O)(c1ccccc1Cl)N(CCO)CC(F)F. The summed E-state index contributed by atoms with van der Waals surface area (Å²) < 4.78 is 49.3. The quantitative estimate of drug-likeness (QED) is 0.868. The lowest BCUT2D eigenvalue weighted by Crippen LogP contribution is -2.37. The number of benzene rings is 1. The number of alkyl halides is 2. The van der Waals surface area contributed by atoms with Crippen molar-refractivity contribution in [3.63, 3.8) is 0 Å². The van der Waals surface area contributed by atoms with Crippen LogP contribution in [-0.2, 0) is 10.0 Å². The normalized spacial score (nSPS) is 12.3. The number of rotatable bonds is 6. The van der Waals surface area contributed by atoms with Crippen LogP contribution in [0.15, 0.2) is 29.2 Å². The highest BCUT2D eigenvalue weighted by molar-refractivity contribution is 7.89. The third kappa shape index (κ3) is 3.61. The van der Waals surface area contributed by atoms with Crippen LogP contribution >= 0.6 is 11.6 Å². The smallest absolute Gasteiger partial charge is 0.252 e. The van der Waals surface area contributed by atoms with Crippen molar-refractivity contribution >= 4 is 21.6 Å². The second kappa shape index (κ2) is 6.42. The van der Waals surface area contributed by atoms with Crippen molar-refractivity contribution < 1.29 is 22.3 Å². The number of sulfonamides is 1. The molecule has 1 aromatic rings. The Morgan fingerprint density at radius 3 is 2.44 bits per heavy atom. The first-order valence-electron chi connectivity index (χ1n) is 5.03. The van der Waals surface area contributed by atoms with Gasteiger partial charge in [-0.2, -0.15) is 4.31 Å². The molecule has 0 atom stereocenters. The molecule has 0 saturated carbocycles. The van der Waals surface area contributed by atoms with Gasteiger partial charge in [0.15, 0.2) is 0 Å². The average molecular weight is 300 g/mol. The van der Waals surface area contributed by atoms with Gasteiger partial charge in [-0.1, -0.05) is 23.7 Å². The third-order valence-electron chi connectivity index (χ3n) is 2.15. The molecule has 0 aliphatic carbocycles. The van der Waals surface area contributed by atoms with E-state index in [0.29, 0.717) is 4.31 Å². The van der Waals surface area contributed by atoms with Gasteiger partial charge in [0.2, 0.25) is 10.0 Å². The molecule has 0 radical (unpaired) electrons. The Bertz CT molecular complexity index is 496. The highest BCUT2D eigenvalue weighted by atomic mass is 35.5. The fourth-order valence-electron chi connectivity index (χ4n) is 1.37. The van der Waals surface area contributed by atoms with Crippen molar-refractivity contribution in [2.24, 2.45) is 0 Å². The molecule has 0 spiro atoms. The summed E-state index contributed by atoms with van der Waals surface area (Å²) in [5.74, 6) is 0. The van der Waals surface area contributed by atoms with E-state index < -0.39 is 36.1 Å². The lowest BCUT2D eigenvalue weighted by Gasteiger charge is -2.21. The maximum atomic E-state index is 12.3. The minimum atomic E-state index is -4.13. The summed E-state index contributed by atoms with van der Waals surface area (Å²) >= 11 is 5.73. The zero-order valence-corrected chi connectivity index (χ0v) is 10.8. The summed E-state index contributed by atoms with van der Waals surface area (Å²) in [7, 11) is -4.13. The molecular weight excluding hydrogens is 288 g/mol. The molecule has 1 N–H and O–H groups in total. The molecule has 1 aromatic carbocycles. The van der Waals surface area contributed by atoms with Gasteiger partial charge < -0.3 is 5.11 Å². The van der Waals surface area contributed by atoms with Gasteiger partial charge in [0, 0.05) is 6.54 Å². The van der Waals surface area contributed by atoms with Gasteiger partial charge in [-0.15, -0.1) is 0 Å². The Morgan fingerprint density at radius 2 is 1.94 bits per heavy atom. The third-order valence-corrected chi connectivity index (χ3v) is 4.51. The Hall–Kier alpha value is -0.760. The molecule has 1 rings (SSSR count). The number of aliphatic hydroxyl groups is 1. The summed E-state index contributed by atoms with van der Waals surface area (Å²) in [6, 6.07) is 5.56. The van der Waals surface area contributed by atoms with Crippen LogP contribution in [0.3, 0.4) is 0 Å². The number of aliphatic hydroxyl groups excluding tert-OH is 1. The molecule has 18 heavy (non-hydrogen) atoms. The van der Waals surface area contributed by atoms with Crippen molar-refractivity contribution in [3.05, 3.63) is 29.3 Å². The number of hydrogen-bond donors (Lipinski definition) is 1. The van der Waals surface area contributed by atoms with Gasteiger partial charge in [-0.25, -0.2) is 17.2 Å². The molecule has 0 aromatic heterocycles. The Labute approximate surface area is 109 Å². The zero-order valence-electron chi connectivity index (χ0n) is 9.26. The van der Waals surface area contributed by atoms with Crippen LogP contribution in [0.25, 0.3) is 0 Å². The monoisotopic (exact) mass is 299 g/mol. The van der Waals surface area contributed by atoms with E-state index in [4.69, 9.17) is 16.7 Å². The van der Waals surface area contributed by atoms with Crippen molar-refractivity contribution in [1.29, 1.82) is 0 Å². The number of hydrogen-bond acceptors (Lipinski definition) is 3. The minimum Gasteiger partial charge on any atom is -0.395 e. The molecule has 0 saturated heterocycles. The van der Waals surface area contributed by atoms with Crippen molar-refractivity contribution in [2.75, 3.05) is 19.7 Å². The predicted molar refractivity (Wildman–Crippen MR) is 63.3 cm³/mol. The van der Waals surface area contributed by atoms with E-state index >= 15 is 0 Å². The second-order valence-corrected chi connectivity index (χ2v) is 5.72. The fourth-order valence-corrected chi connectivity index (χ4v) is 3.27. The maximum Gasteiger partial charge on any atom is 0.252 e. The first kappa shape index (κ1) is 15.3. The molecule has 8 heteroatoms. The lowest BCUT2D eigenvalue weighted by molar-refractivity contribution is 0.113. The van der Waals surface area contributed by atoms with Gasteiger partial charge in [-0.05, 0) is 12.1 Å². The van der Waals surface area contributed by atoms with Crippen LogP contribution in [0.2, 0.25) is 5.02 Å². The van der Waals surface area contributed by atoms with E-state index in [2.05, 4.69) is 0 Å². The molecule has 0 amide bonds. The fraction of sp³-hybridized carbons (Fsp3) is 0.400. The lowest BCUT2D eigenvalue weighted by atomic mass is 10.4. The van der Waals surface area contributed by atoms with Crippen LogP contribution in [0, 0.1) is 0 Å². The number of nitrogens with zero attached hydrogens (tertiary/aromatic N) is 1. The summed E-state index contributed by atoms with van der Waals surface area (Å²) in [5.41, 5.74) is 0. The van der Waals surface area contributed by atoms with Gasteiger partial charge in [-0.3, -0.25) is 0 Å². The maximum absolute atomic E-state index is 12.3. The first-order chi connectivity index (χ1) is 8.39. The highest BCUT2D eigenvalue weighted by Crippen LogP contribution is 2.24. The van der Waals surface area contributed by atoms with Crippen LogP contribution < -0.4 is 0 Å². The topological polar surface area (TPSA) is 57.6 Å². The molecule has 0 unspecified atom stereocenters. The molecule has 4 nitrogen and oxygen atoms in total. The summed E-state index contributed by atoms with van der Waals surface area (Å²) in [6.07, 6.45) is -2.83. The van der Waals surface area contributed by atoms with E-state index in [9.17, 15) is 17.2 Å². The Kier molecular flexibility index (Phi) is 5.46. The number of halogens is 3. The molecular formula is C10H12ClF2NO3S. The predicted octanol–water partition coefficient (Wildman–Crippen LogP) is 1.59. The molecule has 102 valence electrons. The minimum absolute atomic E-state index is 0.0466. The van der Waals surface area contributed by atoms with Crippen LogP contribution in [-0.4, -0.2) is 44.0 Å². The first-order valence-corrected chi connectivity index (χ1v) is 6.85. The Morgan fingerprint density at radius 1 is 1.33 bits per heavy atom. The van der Waals surface area contributed by atoms with E-state index in [1.165, 1.54) is 24.3 Å². The van der Waals surface area contributed by atoms with Gasteiger partial charge in [0.25, 0.3) is 6.43 Å². The summed E-state index contributed by atoms with van der Waals surface area (Å²) in [4.78, 5) is -0.249. The van der Waals surface area contributed by atoms with E-state index in [1.54, 1.807) is 0 Å². The summed E-state index contributed by atoms with van der Waals surface area (Å²) in [6.45, 7) is -1.93. The van der Waals surface area contributed by atoms with Gasteiger partial charge >= 0.3 is 0 Å². The molecule has 0 aliphatic rings. The van der Waals surface area contributed by atoms with Crippen LogP contribution in [0.4, 0.5) is 8.78 Å². The van der Waals surface area contributed by atoms with E-state index in [-0.39, 0.29) is 9.92 Å².